The number of ether oxygens (including phenoxy) is 2. The van der Waals surface area contributed by atoms with Crippen LogP contribution < -0.4 is 5.32 Å². The van der Waals surface area contributed by atoms with Crippen molar-refractivity contribution in [1.82, 2.24) is 14.5 Å². The van der Waals surface area contributed by atoms with Gasteiger partial charge >= 0.3 is 12.2 Å². The zero-order chi connectivity index (χ0) is 23.7. The minimum Gasteiger partial charge on any atom is -0.444 e. The van der Waals surface area contributed by atoms with Gasteiger partial charge in [-0.1, -0.05) is 6.07 Å². The van der Waals surface area contributed by atoms with Gasteiger partial charge in [0.25, 0.3) is 5.91 Å². The lowest BCUT2D eigenvalue weighted by molar-refractivity contribution is 0.0223. The number of benzene rings is 1. The van der Waals surface area contributed by atoms with E-state index in [1.165, 1.54) is 17.1 Å². The third-order valence-electron chi connectivity index (χ3n) is 4.56. The van der Waals surface area contributed by atoms with Gasteiger partial charge in [0.1, 0.15) is 17.5 Å². The van der Waals surface area contributed by atoms with Gasteiger partial charge in [-0.25, -0.2) is 19.1 Å². The maximum Gasteiger partial charge on any atom is 0.419 e. The molecule has 2 heterocycles. The first-order chi connectivity index (χ1) is 14.8. The smallest absolute Gasteiger partial charge is 0.419 e. The topological polar surface area (TPSA) is 103 Å². The molecule has 9 heteroatoms. The van der Waals surface area contributed by atoms with Crippen molar-refractivity contribution in [2.75, 3.05) is 11.9 Å². The number of hydrogen-bond donors (Lipinski definition) is 1. The molecule has 32 heavy (non-hydrogen) atoms. The predicted molar refractivity (Wildman–Crippen MR) is 119 cm³/mol. The molecule has 1 N–H and O–H groups in total. The number of nitrogens with zero attached hydrogens (tertiary/aromatic N) is 3. The number of aromatic nitrogens is 2. The fourth-order valence-corrected chi connectivity index (χ4v) is 3.17. The number of fused-ring (bicyclic) bond motifs is 1. The Morgan fingerprint density at radius 2 is 1.62 bits per heavy atom. The standard InChI is InChI=1S/C23H30N4O5/c1-22(2,3)31-20(29)26-10-9-15-11-16(7-8-17(15)12-26)19(28)25-18-13-27(14-24-18)21(30)32-23(4,5)6/h7-8,11,13-14H,9-10,12H2,1-6H3,(H,25,28). The highest BCUT2D eigenvalue weighted by Crippen LogP contribution is 2.23. The van der Waals surface area contributed by atoms with Crippen molar-refractivity contribution >= 4 is 23.9 Å². The summed E-state index contributed by atoms with van der Waals surface area (Å²) >= 11 is 0. The number of carbonyl (C=O) groups is 3. The van der Waals surface area contributed by atoms with E-state index in [1.54, 1.807) is 31.7 Å². The van der Waals surface area contributed by atoms with E-state index >= 15 is 0 Å². The summed E-state index contributed by atoms with van der Waals surface area (Å²) in [5.41, 5.74) is 1.29. The van der Waals surface area contributed by atoms with Crippen molar-refractivity contribution in [1.29, 1.82) is 0 Å². The SMILES string of the molecule is CC(C)(C)OC(=O)N1CCc2cc(C(=O)Nc3cn(C(=O)OC(C)(C)C)cn3)ccc2C1. The lowest BCUT2D eigenvalue weighted by Gasteiger charge is -2.31. The van der Waals surface area contributed by atoms with Gasteiger partial charge < -0.3 is 19.7 Å². The quantitative estimate of drug-likeness (QED) is 0.747. The molecular weight excluding hydrogens is 412 g/mol. The lowest BCUT2D eigenvalue weighted by atomic mass is 9.97. The van der Waals surface area contributed by atoms with E-state index < -0.39 is 17.3 Å². The second-order valence-electron chi connectivity index (χ2n) is 9.74. The fourth-order valence-electron chi connectivity index (χ4n) is 3.17. The fraction of sp³-hybridized carbons (Fsp3) is 0.478. The normalized spacial score (nSPS) is 13.9. The maximum atomic E-state index is 12.7. The van der Waals surface area contributed by atoms with Gasteiger partial charge in [-0.15, -0.1) is 0 Å². The van der Waals surface area contributed by atoms with Crippen LogP contribution in [0.5, 0.6) is 0 Å². The van der Waals surface area contributed by atoms with Crippen LogP contribution in [-0.4, -0.2) is 50.3 Å². The number of anilines is 1. The molecule has 0 radical (unpaired) electrons. The molecule has 0 bridgehead atoms. The molecule has 0 aliphatic carbocycles. The molecule has 3 rings (SSSR count). The molecule has 0 saturated heterocycles. The van der Waals surface area contributed by atoms with Crippen LogP contribution in [0.3, 0.4) is 0 Å². The van der Waals surface area contributed by atoms with Crippen LogP contribution in [0.2, 0.25) is 0 Å². The van der Waals surface area contributed by atoms with Crippen LogP contribution in [0.4, 0.5) is 15.4 Å². The van der Waals surface area contributed by atoms with Crippen molar-refractivity contribution in [3.63, 3.8) is 0 Å². The van der Waals surface area contributed by atoms with E-state index in [-0.39, 0.29) is 17.8 Å². The molecule has 2 amide bonds. The third-order valence-corrected chi connectivity index (χ3v) is 4.56. The zero-order valence-electron chi connectivity index (χ0n) is 19.4. The van der Waals surface area contributed by atoms with Crippen molar-refractivity contribution in [3.8, 4) is 0 Å². The lowest BCUT2D eigenvalue weighted by Crippen LogP contribution is -2.39. The van der Waals surface area contributed by atoms with Gasteiger partial charge in [0.2, 0.25) is 0 Å². The summed E-state index contributed by atoms with van der Waals surface area (Å²) < 4.78 is 11.9. The van der Waals surface area contributed by atoms with Crippen LogP contribution in [0, 0.1) is 0 Å². The Morgan fingerprint density at radius 3 is 2.28 bits per heavy atom. The second-order valence-corrected chi connectivity index (χ2v) is 9.74. The summed E-state index contributed by atoms with van der Waals surface area (Å²) in [5.74, 6) is -0.0912. The monoisotopic (exact) mass is 442 g/mol. The first-order valence-electron chi connectivity index (χ1n) is 10.5. The summed E-state index contributed by atoms with van der Waals surface area (Å²) in [5, 5.41) is 2.69. The summed E-state index contributed by atoms with van der Waals surface area (Å²) in [4.78, 5) is 42.8. The highest BCUT2D eigenvalue weighted by molar-refractivity contribution is 6.04. The van der Waals surface area contributed by atoms with E-state index in [2.05, 4.69) is 10.3 Å². The summed E-state index contributed by atoms with van der Waals surface area (Å²) in [6, 6.07) is 5.37. The number of hydrogen-bond acceptors (Lipinski definition) is 6. The van der Waals surface area contributed by atoms with Crippen LogP contribution in [0.1, 0.15) is 63.0 Å². The van der Waals surface area contributed by atoms with Gasteiger partial charge in [-0.05, 0) is 71.2 Å². The van der Waals surface area contributed by atoms with Crippen LogP contribution in [-0.2, 0) is 22.4 Å². The molecule has 0 unspecified atom stereocenters. The highest BCUT2D eigenvalue weighted by Gasteiger charge is 2.26. The Kier molecular flexibility index (Phi) is 6.29. The van der Waals surface area contributed by atoms with E-state index in [4.69, 9.17) is 9.47 Å². The Labute approximate surface area is 187 Å². The second kappa shape index (κ2) is 8.64. The molecule has 2 aromatic rings. The molecule has 0 fully saturated rings. The number of imidazole rings is 1. The molecule has 1 aromatic heterocycles. The van der Waals surface area contributed by atoms with Gasteiger partial charge in [-0.2, -0.15) is 0 Å². The van der Waals surface area contributed by atoms with Crippen molar-refractivity contribution in [2.45, 2.75) is 65.7 Å². The minimum absolute atomic E-state index is 0.245. The Bertz CT molecular complexity index is 1030. The highest BCUT2D eigenvalue weighted by atomic mass is 16.6. The first-order valence-corrected chi connectivity index (χ1v) is 10.5. The van der Waals surface area contributed by atoms with Crippen LogP contribution in [0.15, 0.2) is 30.7 Å². The van der Waals surface area contributed by atoms with Crippen LogP contribution >= 0.6 is 0 Å². The van der Waals surface area contributed by atoms with E-state index in [0.717, 1.165) is 11.1 Å². The molecule has 1 aromatic carbocycles. The molecule has 1 aliphatic rings. The average Bonchev–Trinajstić information content (AvgIpc) is 3.13. The summed E-state index contributed by atoms with van der Waals surface area (Å²) in [6.45, 7) is 11.8. The average molecular weight is 443 g/mol. The number of amides is 2. The zero-order valence-corrected chi connectivity index (χ0v) is 19.4. The van der Waals surface area contributed by atoms with E-state index in [0.29, 0.717) is 25.1 Å². The van der Waals surface area contributed by atoms with Crippen LogP contribution in [0.25, 0.3) is 0 Å². The Balaban J connectivity index is 1.64. The summed E-state index contributed by atoms with van der Waals surface area (Å²) in [7, 11) is 0. The largest absolute Gasteiger partial charge is 0.444 e. The van der Waals surface area contributed by atoms with Gasteiger partial charge in [0.05, 0.1) is 6.20 Å². The van der Waals surface area contributed by atoms with Gasteiger partial charge in [0.15, 0.2) is 5.82 Å². The Hall–Kier alpha value is -3.36. The van der Waals surface area contributed by atoms with Gasteiger partial charge in [-0.3, -0.25) is 4.79 Å². The first kappa shape index (κ1) is 23.3. The number of nitrogens with one attached hydrogen (secondary N) is 1. The van der Waals surface area contributed by atoms with E-state index in [1.807, 2.05) is 32.9 Å². The van der Waals surface area contributed by atoms with Gasteiger partial charge in [0, 0.05) is 18.7 Å². The van der Waals surface area contributed by atoms with Crippen molar-refractivity contribution < 1.29 is 23.9 Å². The maximum absolute atomic E-state index is 12.7. The molecule has 0 atom stereocenters. The number of rotatable bonds is 2. The molecular formula is C23H30N4O5. The summed E-state index contributed by atoms with van der Waals surface area (Å²) in [6.07, 6.45) is 2.41. The molecule has 9 nitrogen and oxygen atoms in total. The number of carbonyl (C=O) groups excluding carboxylic acids is 3. The third kappa shape index (κ3) is 6.09. The molecule has 0 spiro atoms. The predicted octanol–water partition coefficient (Wildman–Crippen LogP) is 4.21. The minimum atomic E-state index is -0.632. The molecule has 1 aliphatic heterocycles. The molecule has 172 valence electrons. The van der Waals surface area contributed by atoms with Crippen molar-refractivity contribution in [3.05, 3.63) is 47.4 Å². The Morgan fingerprint density at radius 1 is 0.969 bits per heavy atom. The van der Waals surface area contributed by atoms with Crippen molar-refractivity contribution in [2.24, 2.45) is 0 Å². The van der Waals surface area contributed by atoms with E-state index in [9.17, 15) is 14.4 Å². The molecule has 0 saturated carbocycles.